The summed E-state index contributed by atoms with van der Waals surface area (Å²) in [4.78, 5) is 19.3. The molecule has 0 saturated carbocycles. The lowest BCUT2D eigenvalue weighted by Gasteiger charge is -2.09. The van der Waals surface area contributed by atoms with E-state index in [2.05, 4.69) is 32.8 Å². The van der Waals surface area contributed by atoms with E-state index in [0.29, 0.717) is 13.1 Å². The Morgan fingerprint density at radius 2 is 1.78 bits per heavy atom. The highest BCUT2D eigenvalue weighted by atomic mass is 16.1. The van der Waals surface area contributed by atoms with Crippen molar-refractivity contribution in [2.75, 3.05) is 30.3 Å². The van der Waals surface area contributed by atoms with Gasteiger partial charge in [-0.2, -0.15) is 0 Å². The van der Waals surface area contributed by atoms with Crippen LogP contribution in [0.3, 0.4) is 0 Å². The Bertz CT molecular complexity index is 394. The number of aromatic nitrogens is 2. The molecule has 0 unspecified atom stereocenters. The van der Waals surface area contributed by atoms with Crippen LogP contribution in [0.5, 0.6) is 0 Å². The second-order valence-corrected chi connectivity index (χ2v) is 4.02. The van der Waals surface area contributed by atoms with Gasteiger partial charge in [-0.25, -0.2) is 9.97 Å². The number of aryl methyl sites for hydroxylation is 1. The van der Waals surface area contributed by atoms with Crippen molar-refractivity contribution < 1.29 is 4.79 Å². The number of carbonyl (C=O) groups is 1. The molecular weight excluding hydrogens is 230 g/mol. The molecule has 1 rings (SSSR count). The van der Waals surface area contributed by atoms with Crippen LogP contribution in [0, 0.1) is 6.92 Å². The molecule has 0 bridgehead atoms. The van der Waals surface area contributed by atoms with Crippen LogP contribution in [-0.4, -0.2) is 35.5 Å². The first-order chi connectivity index (χ1) is 8.61. The van der Waals surface area contributed by atoms with Gasteiger partial charge in [0.1, 0.15) is 17.5 Å². The molecule has 0 aliphatic carbocycles. The van der Waals surface area contributed by atoms with Crippen LogP contribution in [-0.2, 0) is 4.79 Å². The van der Waals surface area contributed by atoms with Crippen LogP contribution in [0.4, 0.5) is 11.6 Å². The van der Waals surface area contributed by atoms with E-state index in [-0.39, 0.29) is 5.91 Å². The van der Waals surface area contributed by atoms with Crippen LogP contribution in [0.15, 0.2) is 6.07 Å². The number of anilines is 2. The summed E-state index contributed by atoms with van der Waals surface area (Å²) in [6.07, 6.45) is 1.05. The molecule has 1 aromatic heterocycles. The van der Waals surface area contributed by atoms with Crippen molar-refractivity contribution in [3.63, 3.8) is 0 Å². The maximum Gasteiger partial charge on any atom is 0.216 e. The Kier molecular flexibility index (Phi) is 5.90. The molecular formula is C12H21N5O. The van der Waals surface area contributed by atoms with Gasteiger partial charge in [-0.3, -0.25) is 4.79 Å². The van der Waals surface area contributed by atoms with Crippen molar-refractivity contribution in [3.8, 4) is 0 Å². The van der Waals surface area contributed by atoms with E-state index >= 15 is 0 Å². The number of nitrogens with zero attached hydrogens (tertiary/aromatic N) is 2. The van der Waals surface area contributed by atoms with E-state index in [1.165, 1.54) is 6.92 Å². The summed E-state index contributed by atoms with van der Waals surface area (Å²) in [6.45, 7) is 7.58. The smallest absolute Gasteiger partial charge is 0.216 e. The summed E-state index contributed by atoms with van der Waals surface area (Å²) in [5.41, 5.74) is 0. The SMILES string of the molecule is CCCNc1cc(NCCNC(C)=O)nc(C)n1. The third-order valence-electron chi connectivity index (χ3n) is 2.20. The molecule has 0 fully saturated rings. The van der Waals surface area contributed by atoms with E-state index < -0.39 is 0 Å². The number of carbonyl (C=O) groups excluding carboxylic acids is 1. The predicted molar refractivity (Wildman–Crippen MR) is 72.7 cm³/mol. The summed E-state index contributed by atoms with van der Waals surface area (Å²) in [6, 6.07) is 1.87. The van der Waals surface area contributed by atoms with E-state index in [0.717, 1.165) is 30.4 Å². The van der Waals surface area contributed by atoms with E-state index in [1.54, 1.807) is 0 Å². The fourth-order valence-corrected chi connectivity index (χ4v) is 1.43. The van der Waals surface area contributed by atoms with Crippen LogP contribution < -0.4 is 16.0 Å². The van der Waals surface area contributed by atoms with E-state index in [4.69, 9.17) is 0 Å². The second-order valence-electron chi connectivity index (χ2n) is 4.02. The van der Waals surface area contributed by atoms with Gasteiger partial charge in [0.15, 0.2) is 0 Å². The first-order valence-electron chi connectivity index (χ1n) is 6.19. The minimum absolute atomic E-state index is 0.0269. The third kappa shape index (κ3) is 5.47. The number of nitrogens with one attached hydrogen (secondary N) is 3. The molecule has 0 spiro atoms. The molecule has 18 heavy (non-hydrogen) atoms. The quantitative estimate of drug-likeness (QED) is 0.634. The normalized spacial score (nSPS) is 9.94. The molecule has 1 heterocycles. The highest BCUT2D eigenvalue weighted by Gasteiger charge is 2.00. The molecule has 100 valence electrons. The lowest BCUT2D eigenvalue weighted by atomic mass is 10.4. The molecule has 0 aromatic carbocycles. The van der Waals surface area contributed by atoms with Crippen LogP contribution in [0.25, 0.3) is 0 Å². The molecule has 1 amide bonds. The molecule has 3 N–H and O–H groups in total. The summed E-state index contributed by atoms with van der Waals surface area (Å²) < 4.78 is 0. The molecule has 0 aliphatic rings. The fourth-order valence-electron chi connectivity index (χ4n) is 1.43. The first kappa shape index (κ1) is 14.2. The molecule has 0 atom stereocenters. The second kappa shape index (κ2) is 7.47. The van der Waals surface area contributed by atoms with Crippen LogP contribution in [0.1, 0.15) is 26.1 Å². The zero-order valence-electron chi connectivity index (χ0n) is 11.2. The van der Waals surface area contributed by atoms with Crippen molar-refractivity contribution in [1.82, 2.24) is 15.3 Å². The molecule has 0 radical (unpaired) electrons. The predicted octanol–water partition coefficient (Wildman–Crippen LogP) is 1.15. The Hall–Kier alpha value is -1.85. The highest BCUT2D eigenvalue weighted by Crippen LogP contribution is 2.10. The zero-order chi connectivity index (χ0) is 13.4. The Balaban J connectivity index is 2.48. The first-order valence-corrected chi connectivity index (χ1v) is 6.19. The topological polar surface area (TPSA) is 78.9 Å². The third-order valence-corrected chi connectivity index (χ3v) is 2.20. The molecule has 6 nitrogen and oxygen atoms in total. The van der Waals surface area contributed by atoms with Crippen LogP contribution in [0.2, 0.25) is 0 Å². The number of hydrogen-bond donors (Lipinski definition) is 3. The van der Waals surface area contributed by atoms with E-state index in [1.807, 2.05) is 13.0 Å². The van der Waals surface area contributed by atoms with Gasteiger partial charge in [-0.05, 0) is 13.3 Å². The maximum atomic E-state index is 10.7. The van der Waals surface area contributed by atoms with Crippen molar-refractivity contribution >= 4 is 17.5 Å². The summed E-state index contributed by atoms with van der Waals surface area (Å²) in [5.74, 6) is 2.29. The van der Waals surface area contributed by atoms with Crippen molar-refractivity contribution in [2.24, 2.45) is 0 Å². The van der Waals surface area contributed by atoms with E-state index in [9.17, 15) is 4.79 Å². The van der Waals surface area contributed by atoms with Gasteiger partial charge in [0, 0.05) is 32.6 Å². The fraction of sp³-hybridized carbons (Fsp3) is 0.583. The molecule has 6 heteroatoms. The van der Waals surface area contributed by atoms with Gasteiger partial charge < -0.3 is 16.0 Å². The monoisotopic (exact) mass is 251 g/mol. The zero-order valence-corrected chi connectivity index (χ0v) is 11.2. The standard InChI is InChI=1S/C12H21N5O/c1-4-5-14-11-8-12(17-9(2)16-11)15-7-6-13-10(3)18/h8H,4-7H2,1-3H3,(H,13,18)(H2,14,15,16,17). The number of amides is 1. The maximum absolute atomic E-state index is 10.7. The van der Waals surface area contributed by atoms with Gasteiger partial charge in [-0.15, -0.1) is 0 Å². The highest BCUT2D eigenvalue weighted by molar-refractivity contribution is 5.72. The molecule has 0 saturated heterocycles. The Morgan fingerprint density at radius 1 is 1.17 bits per heavy atom. The van der Waals surface area contributed by atoms with Crippen molar-refractivity contribution in [2.45, 2.75) is 27.2 Å². The van der Waals surface area contributed by atoms with Gasteiger partial charge in [0.25, 0.3) is 0 Å². The summed E-state index contributed by atoms with van der Waals surface area (Å²) >= 11 is 0. The largest absolute Gasteiger partial charge is 0.370 e. The Morgan fingerprint density at radius 3 is 2.33 bits per heavy atom. The number of hydrogen-bond acceptors (Lipinski definition) is 5. The van der Waals surface area contributed by atoms with Gasteiger partial charge in [0.05, 0.1) is 0 Å². The van der Waals surface area contributed by atoms with Gasteiger partial charge >= 0.3 is 0 Å². The average Bonchev–Trinajstić information content (AvgIpc) is 2.31. The minimum Gasteiger partial charge on any atom is -0.370 e. The molecule has 1 aromatic rings. The lowest BCUT2D eigenvalue weighted by Crippen LogP contribution is -2.26. The van der Waals surface area contributed by atoms with Crippen LogP contribution >= 0.6 is 0 Å². The minimum atomic E-state index is -0.0269. The number of rotatable bonds is 7. The van der Waals surface area contributed by atoms with Gasteiger partial charge in [-0.1, -0.05) is 6.92 Å². The Labute approximate surface area is 108 Å². The van der Waals surface area contributed by atoms with Crippen molar-refractivity contribution in [1.29, 1.82) is 0 Å². The summed E-state index contributed by atoms with van der Waals surface area (Å²) in [5, 5.41) is 9.09. The van der Waals surface area contributed by atoms with Gasteiger partial charge in [0.2, 0.25) is 5.91 Å². The molecule has 0 aliphatic heterocycles. The summed E-state index contributed by atoms with van der Waals surface area (Å²) in [7, 11) is 0. The van der Waals surface area contributed by atoms with Crippen molar-refractivity contribution in [3.05, 3.63) is 11.9 Å². The lowest BCUT2D eigenvalue weighted by molar-refractivity contribution is -0.118. The average molecular weight is 251 g/mol.